The topological polar surface area (TPSA) is 400 Å². The van der Waals surface area contributed by atoms with E-state index < -0.39 is 136 Å². The SMILES string of the molecule is N[C@@H]1[C@@H](O)CC(OC(=O)CO)(C(=O)O)O[C@H]1C(O)C(O)CO.N[C@@H]1[C@@H](O)CC(OC(=O)CO)(C(=O)O)O[C@H]1C(O)C(O)CO. The Balaban J connectivity index is 0.000000440. The summed E-state index contributed by atoms with van der Waals surface area (Å²) in [6.45, 7) is -4.01. The Labute approximate surface area is 247 Å². The lowest BCUT2D eigenvalue weighted by molar-refractivity contribution is -0.299. The first-order valence-corrected chi connectivity index (χ1v) is 12.7. The van der Waals surface area contributed by atoms with Crippen molar-refractivity contribution in [3.63, 3.8) is 0 Å². The summed E-state index contributed by atoms with van der Waals surface area (Å²) in [5, 5.41) is 111. The predicted octanol–water partition coefficient (Wildman–Crippen LogP) is -9.01. The molecule has 0 saturated carbocycles. The molecule has 2 aliphatic heterocycles. The molecule has 0 aromatic rings. The van der Waals surface area contributed by atoms with E-state index in [4.69, 9.17) is 41.4 Å². The van der Waals surface area contributed by atoms with Gasteiger partial charge in [-0.1, -0.05) is 0 Å². The molecule has 22 heteroatoms. The smallest absolute Gasteiger partial charge is 0.377 e. The molecule has 12 atom stereocenters. The first kappa shape index (κ1) is 39.3. The van der Waals surface area contributed by atoms with Crippen LogP contribution < -0.4 is 11.5 Å². The molecule has 0 radical (unpaired) electrons. The van der Waals surface area contributed by atoms with Crippen LogP contribution in [0, 0.1) is 0 Å². The van der Waals surface area contributed by atoms with Crippen LogP contribution in [-0.4, -0.2) is 184 Å². The lowest BCUT2D eigenvalue weighted by atomic mass is 9.89. The minimum Gasteiger partial charge on any atom is -0.476 e. The van der Waals surface area contributed by atoms with Crippen molar-refractivity contribution in [3.05, 3.63) is 0 Å². The summed E-state index contributed by atoms with van der Waals surface area (Å²) in [6.07, 6.45) is -15.0. The van der Waals surface area contributed by atoms with Gasteiger partial charge in [0.25, 0.3) is 0 Å². The number of carbonyl (C=O) groups excluding carboxylic acids is 2. The standard InChI is InChI=1S/2C11H19NO10/c2*12-7-4(15)1-11(10(19)20,21-6(17)3-14)22-9(7)8(18)5(16)2-13/h2*4-5,7-9,13-16,18H,1-3,12H2,(H,19,20)/t2*4-,5?,7+,8?,9+,11?/m00/s1. The van der Waals surface area contributed by atoms with Crippen molar-refractivity contribution in [3.8, 4) is 0 Å². The Kier molecular flexibility index (Phi) is 14.8. The third-order valence-corrected chi connectivity index (χ3v) is 6.56. The molecule has 6 unspecified atom stereocenters. The van der Waals surface area contributed by atoms with E-state index in [1.54, 1.807) is 0 Å². The highest BCUT2D eigenvalue weighted by atomic mass is 16.8. The minimum absolute atomic E-state index is 0.742. The summed E-state index contributed by atoms with van der Waals surface area (Å²) in [5.74, 6) is -11.6. The van der Waals surface area contributed by atoms with Crippen LogP contribution in [0.4, 0.5) is 0 Å². The average Bonchev–Trinajstić information content (AvgIpc) is 2.98. The van der Waals surface area contributed by atoms with Gasteiger partial charge in [-0.2, -0.15) is 0 Å². The molecule has 0 amide bonds. The quantitative estimate of drug-likeness (QED) is 0.0871. The van der Waals surface area contributed by atoms with E-state index >= 15 is 0 Å². The fraction of sp³-hybridized carbons (Fsp3) is 0.818. The molecular weight excluding hydrogens is 612 g/mol. The zero-order chi connectivity index (χ0) is 34.2. The molecule has 2 aliphatic rings. The number of ether oxygens (including phenoxy) is 4. The van der Waals surface area contributed by atoms with E-state index in [-0.39, 0.29) is 0 Å². The summed E-state index contributed by atoms with van der Waals surface area (Å²) >= 11 is 0. The number of carboxylic acid groups (broad SMARTS) is 2. The minimum atomic E-state index is -2.68. The molecule has 44 heavy (non-hydrogen) atoms. The number of carboxylic acids is 2. The van der Waals surface area contributed by atoms with Gasteiger partial charge in [0.15, 0.2) is 0 Å². The van der Waals surface area contributed by atoms with Crippen LogP contribution in [0.5, 0.6) is 0 Å². The number of rotatable bonds is 12. The third-order valence-electron chi connectivity index (χ3n) is 6.56. The van der Waals surface area contributed by atoms with Crippen LogP contribution in [0.15, 0.2) is 0 Å². The highest BCUT2D eigenvalue weighted by Gasteiger charge is 2.57. The van der Waals surface area contributed by atoms with Gasteiger partial charge in [0.05, 0.1) is 50.3 Å². The molecule has 16 N–H and O–H groups in total. The van der Waals surface area contributed by atoms with E-state index in [1.165, 1.54) is 0 Å². The van der Waals surface area contributed by atoms with Crippen molar-refractivity contribution >= 4 is 23.9 Å². The van der Waals surface area contributed by atoms with E-state index in [0.717, 1.165) is 0 Å². The van der Waals surface area contributed by atoms with Crippen molar-refractivity contribution in [1.82, 2.24) is 0 Å². The second kappa shape index (κ2) is 16.6. The van der Waals surface area contributed by atoms with Crippen molar-refractivity contribution < 1.29 is 99.4 Å². The van der Waals surface area contributed by atoms with Crippen LogP contribution >= 0.6 is 0 Å². The van der Waals surface area contributed by atoms with E-state index in [9.17, 15) is 60.0 Å². The van der Waals surface area contributed by atoms with Gasteiger partial charge < -0.3 is 91.7 Å². The summed E-state index contributed by atoms with van der Waals surface area (Å²) in [5.41, 5.74) is 11.2. The zero-order valence-corrected chi connectivity index (χ0v) is 22.8. The van der Waals surface area contributed by atoms with Gasteiger partial charge in [0.2, 0.25) is 0 Å². The Bertz CT molecular complexity index is 911. The second-order valence-electron chi connectivity index (χ2n) is 9.72. The molecule has 256 valence electrons. The van der Waals surface area contributed by atoms with E-state index in [1.807, 2.05) is 0 Å². The maximum atomic E-state index is 11.4. The normalized spacial score (nSPS) is 34.7. The predicted molar refractivity (Wildman–Crippen MR) is 132 cm³/mol. The number of nitrogens with two attached hydrogens (primary N) is 2. The molecule has 0 aliphatic carbocycles. The highest BCUT2D eigenvalue weighted by Crippen LogP contribution is 2.34. The van der Waals surface area contributed by atoms with Gasteiger partial charge in [-0.05, 0) is 0 Å². The Morgan fingerprint density at radius 3 is 1.20 bits per heavy atom. The van der Waals surface area contributed by atoms with Crippen molar-refractivity contribution in [2.24, 2.45) is 11.5 Å². The van der Waals surface area contributed by atoms with E-state index in [2.05, 4.69) is 9.47 Å². The van der Waals surface area contributed by atoms with Gasteiger partial charge in [0, 0.05) is 0 Å². The molecular formula is C22H38N2O20. The fourth-order valence-corrected chi connectivity index (χ4v) is 4.13. The molecule has 0 spiro atoms. The number of carbonyl (C=O) groups is 4. The molecule has 0 bridgehead atoms. The molecule has 2 heterocycles. The maximum absolute atomic E-state index is 11.4. The Hall–Kier alpha value is -2.68. The summed E-state index contributed by atoms with van der Waals surface area (Å²) < 4.78 is 19.1. The lowest BCUT2D eigenvalue weighted by Gasteiger charge is -2.44. The molecule has 0 aromatic heterocycles. The van der Waals surface area contributed by atoms with E-state index in [0.29, 0.717) is 0 Å². The zero-order valence-electron chi connectivity index (χ0n) is 22.8. The molecule has 0 aromatic carbocycles. The number of hydrogen-bond donors (Lipinski definition) is 14. The summed E-state index contributed by atoms with van der Waals surface area (Å²) in [7, 11) is 0. The second-order valence-corrected chi connectivity index (χ2v) is 9.72. The van der Waals surface area contributed by atoms with Gasteiger partial charge >= 0.3 is 35.5 Å². The molecule has 2 rings (SSSR count). The number of hydrogen-bond acceptors (Lipinski definition) is 20. The highest BCUT2D eigenvalue weighted by molar-refractivity contribution is 5.81. The molecule has 22 nitrogen and oxygen atoms in total. The van der Waals surface area contributed by atoms with Crippen molar-refractivity contribution in [2.75, 3.05) is 26.4 Å². The van der Waals surface area contributed by atoms with Gasteiger partial charge in [0.1, 0.15) is 49.8 Å². The van der Waals surface area contributed by atoms with Crippen molar-refractivity contribution in [1.29, 1.82) is 0 Å². The monoisotopic (exact) mass is 650 g/mol. The number of aliphatic hydroxyl groups excluding tert-OH is 10. The average molecular weight is 651 g/mol. The molecule has 2 fully saturated rings. The number of aliphatic carboxylic acids is 2. The summed E-state index contributed by atoms with van der Waals surface area (Å²) in [6, 6.07) is -2.62. The molecule has 2 saturated heterocycles. The van der Waals surface area contributed by atoms with Crippen molar-refractivity contribution in [2.45, 2.75) is 85.3 Å². The Morgan fingerprint density at radius 2 is 0.977 bits per heavy atom. The van der Waals surface area contributed by atoms with Crippen LogP contribution in [0.3, 0.4) is 0 Å². The fourth-order valence-electron chi connectivity index (χ4n) is 4.13. The number of aliphatic hydroxyl groups is 10. The van der Waals surface area contributed by atoms with Gasteiger partial charge in [-0.25, -0.2) is 19.2 Å². The Morgan fingerprint density at radius 1 is 0.682 bits per heavy atom. The van der Waals surface area contributed by atoms with Crippen LogP contribution in [0.25, 0.3) is 0 Å². The maximum Gasteiger partial charge on any atom is 0.377 e. The largest absolute Gasteiger partial charge is 0.476 e. The summed E-state index contributed by atoms with van der Waals surface area (Å²) in [4.78, 5) is 45.0. The van der Waals surface area contributed by atoms with Gasteiger partial charge in [-0.3, -0.25) is 0 Å². The van der Waals surface area contributed by atoms with Crippen LogP contribution in [-0.2, 0) is 38.1 Å². The third kappa shape index (κ3) is 9.18. The number of esters is 2. The first-order valence-electron chi connectivity index (χ1n) is 12.7. The van der Waals surface area contributed by atoms with Crippen LogP contribution in [0.2, 0.25) is 0 Å². The first-order chi connectivity index (χ1) is 20.4. The van der Waals surface area contributed by atoms with Crippen LogP contribution in [0.1, 0.15) is 12.8 Å². The lowest BCUT2D eigenvalue weighted by Crippen LogP contribution is -2.66. The van der Waals surface area contributed by atoms with Gasteiger partial charge in [-0.15, -0.1) is 0 Å².